The van der Waals surface area contributed by atoms with Gasteiger partial charge in [-0.2, -0.15) is 0 Å². The average molecular weight is 934 g/mol. The minimum atomic E-state index is -0.764. The molecule has 0 aliphatic rings. The van der Waals surface area contributed by atoms with Gasteiger partial charge in [-0.05, 0) is 37.0 Å². The van der Waals surface area contributed by atoms with E-state index in [1.807, 2.05) is 0 Å². The Morgan fingerprint density at radius 3 is 0.652 bits per heavy atom. The molecule has 0 aliphatic carbocycles. The summed E-state index contributed by atoms with van der Waals surface area (Å²) in [5.74, 6) is 1.68. The van der Waals surface area contributed by atoms with E-state index in [9.17, 15) is 14.4 Å². The Morgan fingerprint density at radius 1 is 0.258 bits per heavy atom. The summed E-state index contributed by atoms with van der Waals surface area (Å²) in [5.41, 5.74) is 0. The van der Waals surface area contributed by atoms with Gasteiger partial charge in [0.1, 0.15) is 13.2 Å². The lowest BCUT2D eigenvalue weighted by Crippen LogP contribution is -2.30. The smallest absolute Gasteiger partial charge is 0.306 e. The topological polar surface area (TPSA) is 78.9 Å². The molecular formula is C60H116O6. The van der Waals surface area contributed by atoms with Crippen molar-refractivity contribution in [3.05, 3.63) is 0 Å². The number of carbonyl (C=O) groups excluding carboxylic acids is 3. The molecule has 0 aliphatic heterocycles. The summed E-state index contributed by atoms with van der Waals surface area (Å²) >= 11 is 0. The first-order chi connectivity index (χ1) is 32.1. The third kappa shape index (κ3) is 53.4. The molecule has 0 bridgehead atoms. The van der Waals surface area contributed by atoms with E-state index in [1.165, 1.54) is 212 Å². The fourth-order valence-electron chi connectivity index (χ4n) is 9.18. The molecular weight excluding hydrogens is 817 g/mol. The van der Waals surface area contributed by atoms with Crippen molar-refractivity contribution in [2.45, 2.75) is 337 Å². The summed E-state index contributed by atoms with van der Waals surface area (Å²) < 4.78 is 16.9. The third-order valence-electron chi connectivity index (χ3n) is 13.6. The number of hydrogen-bond donors (Lipinski definition) is 0. The first kappa shape index (κ1) is 64.4. The van der Waals surface area contributed by atoms with Gasteiger partial charge >= 0.3 is 17.9 Å². The molecule has 0 aromatic heterocycles. The number of rotatable bonds is 53. The summed E-state index contributed by atoms with van der Waals surface area (Å²) in [7, 11) is 0. The van der Waals surface area contributed by atoms with Crippen LogP contribution in [0.2, 0.25) is 0 Å². The highest BCUT2D eigenvalue weighted by Gasteiger charge is 2.19. The standard InChI is InChI=1S/C60H116O6/c1-54(2)46-40-34-28-22-16-10-7-13-19-25-31-37-43-49-58(61)64-52-57(66-60(63)51-45-39-33-27-21-15-9-12-18-24-30-36-42-48-56(5)6)53-65-59(62)50-44-38-32-26-20-14-8-11-17-23-29-35-41-47-55(3)4/h54-57H,7-53H2,1-6H3. The van der Waals surface area contributed by atoms with Crippen LogP contribution in [0.25, 0.3) is 0 Å². The molecule has 6 nitrogen and oxygen atoms in total. The average Bonchev–Trinajstić information content (AvgIpc) is 3.28. The summed E-state index contributed by atoms with van der Waals surface area (Å²) in [4.78, 5) is 38.2. The molecule has 66 heavy (non-hydrogen) atoms. The van der Waals surface area contributed by atoms with Crippen LogP contribution in [-0.4, -0.2) is 37.2 Å². The third-order valence-corrected chi connectivity index (χ3v) is 13.6. The Kier molecular flexibility index (Phi) is 50.0. The first-order valence-electron chi connectivity index (χ1n) is 29.6. The molecule has 0 spiro atoms. The van der Waals surface area contributed by atoms with Crippen molar-refractivity contribution in [1.29, 1.82) is 0 Å². The van der Waals surface area contributed by atoms with Crippen LogP contribution in [0.3, 0.4) is 0 Å². The van der Waals surface area contributed by atoms with E-state index in [1.54, 1.807) is 0 Å². The summed E-state index contributed by atoms with van der Waals surface area (Å²) in [6.07, 6.45) is 53.8. The molecule has 0 rings (SSSR count). The van der Waals surface area contributed by atoms with Crippen LogP contribution in [0, 0.1) is 17.8 Å². The van der Waals surface area contributed by atoms with Crippen molar-refractivity contribution in [3.63, 3.8) is 0 Å². The van der Waals surface area contributed by atoms with Crippen LogP contribution >= 0.6 is 0 Å². The predicted octanol–water partition coefficient (Wildman–Crippen LogP) is 19.5. The number of hydrogen-bond acceptors (Lipinski definition) is 6. The van der Waals surface area contributed by atoms with Crippen molar-refractivity contribution in [2.24, 2.45) is 17.8 Å². The molecule has 0 amide bonds. The molecule has 0 fully saturated rings. The van der Waals surface area contributed by atoms with E-state index >= 15 is 0 Å². The quantitative estimate of drug-likeness (QED) is 0.0343. The fourth-order valence-corrected chi connectivity index (χ4v) is 9.18. The molecule has 0 unspecified atom stereocenters. The van der Waals surface area contributed by atoms with Crippen LogP contribution in [0.1, 0.15) is 330 Å². The Morgan fingerprint density at radius 2 is 0.439 bits per heavy atom. The van der Waals surface area contributed by atoms with Crippen molar-refractivity contribution in [3.8, 4) is 0 Å². The van der Waals surface area contributed by atoms with E-state index in [2.05, 4.69) is 41.5 Å². The normalized spacial score (nSPS) is 11.7. The molecule has 0 aromatic rings. The highest BCUT2D eigenvalue weighted by molar-refractivity contribution is 5.71. The Bertz CT molecular complexity index is 969. The van der Waals surface area contributed by atoms with Crippen molar-refractivity contribution in [2.75, 3.05) is 13.2 Å². The highest BCUT2D eigenvalue weighted by Crippen LogP contribution is 2.19. The second-order valence-corrected chi connectivity index (χ2v) is 22.1. The molecule has 0 saturated heterocycles. The van der Waals surface area contributed by atoms with Gasteiger partial charge in [0.2, 0.25) is 0 Å². The fraction of sp³-hybridized carbons (Fsp3) is 0.950. The van der Waals surface area contributed by atoms with Crippen LogP contribution < -0.4 is 0 Å². The number of ether oxygens (including phenoxy) is 3. The summed E-state index contributed by atoms with van der Waals surface area (Å²) in [6.45, 7) is 13.8. The minimum absolute atomic E-state index is 0.0633. The van der Waals surface area contributed by atoms with E-state index in [-0.39, 0.29) is 31.1 Å². The zero-order valence-electron chi connectivity index (χ0n) is 45.5. The van der Waals surface area contributed by atoms with Gasteiger partial charge in [0.25, 0.3) is 0 Å². The van der Waals surface area contributed by atoms with Gasteiger partial charge in [0.05, 0.1) is 0 Å². The van der Waals surface area contributed by atoms with Crippen molar-refractivity contribution in [1.82, 2.24) is 0 Å². The minimum Gasteiger partial charge on any atom is -0.462 e. The number of carbonyl (C=O) groups is 3. The van der Waals surface area contributed by atoms with E-state index in [0.29, 0.717) is 19.3 Å². The van der Waals surface area contributed by atoms with Gasteiger partial charge in [-0.15, -0.1) is 0 Å². The molecule has 0 atom stereocenters. The maximum Gasteiger partial charge on any atom is 0.306 e. The van der Waals surface area contributed by atoms with E-state index in [4.69, 9.17) is 14.2 Å². The molecule has 392 valence electrons. The Hall–Kier alpha value is -1.59. The maximum atomic E-state index is 12.9. The van der Waals surface area contributed by atoms with Gasteiger partial charge in [-0.3, -0.25) is 14.4 Å². The van der Waals surface area contributed by atoms with Gasteiger partial charge in [-0.1, -0.05) is 292 Å². The maximum absolute atomic E-state index is 12.9. The highest BCUT2D eigenvalue weighted by atomic mass is 16.6. The second kappa shape index (κ2) is 51.3. The lowest BCUT2D eigenvalue weighted by molar-refractivity contribution is -0.167. The monoisotopic (exact) mass is 933 g/mol. The zero-order chi connectivity index (χ0) is 48.4. The Balaban J connectivity index is 4.31. The largest absolute Gasteiger partial charge is 0.462 e. The Labute approximate surface area is 412 Å². The van der Waals surface area contributed by atoms with Gasteiger partial charge < -0.3 is 14.2 Å². The van der Waals surface area contributed by atoms with Crippen LogP contribution in [0.5, 0.6) is 0 Å². The predicted molar refractivity (Wildman–Crippen MR) is 284 cm³/mol. The molecule has 6 heteroatoms. The molecule has 0 saturated carbocycles. The van der Waals surface area contributed by atoms with E-state index < -0.39 is 6.10 Å². The van der Waals surface area contributed by atoms with Crippen molar-refractivity contribution < 1.29 is 28.6 Å². The zero-order valence-corrected chi connectivity index (χ0v) is 45.5. The van der Waals surface area contributed by atoms with Crippen LogP contribution in [0.4, 0.5) is 0 Å². The van der Waals surface area contributed by atoms with Crippen LogP contribution in [-0.2, 0) is 28.6 Å². The van der Waals surface area contributed by atoms with Gasteiger partial charge in [0.15, 0.2) is 6.10 Å². The molecule has 0 aromatic carbocycles. The molecule has 0 radical (unpaired) electrons. The summed E-state index contributed by atoms with van der Waals surface area (Å²) in [6, 6.07) is 0. The van der Waals surface area contributed by atoms with Crippen molar-refractivity contribution >= 4 is 17.9 Å². The first-order valence-corrected chi connectivity index (χ1v) is 29.6. The lowest BCUT2D eigenvalue weighted by atomic mass is 10.0. The van der Waals surface area contributed by atoms with Gasteiger partial charge in [-0.25, -0.2) is 0 Å². The summed E-state index contributed by atoms with van der Waals surface area (Å²) in [5, 5.41) is 0. The van der Waals surface area contributed by atoms with Crippen LogP contribution in [0.15, 0.2) is 0 Å². The molecule has 0 N–H and O–H groups in total. The van der Waals surface area contributed by atoms with E-state index in [0.717, 1.165) is 75.5 Å². The van der Waals surface area contributed by atoms with Gasteiger partial charge in [0, 0.05) is 19.3 Å². The molecule has 0 heterocycles. The second-order valence-electron chi connectivity index (χ2n) is 22.1. The number of unbranched alkanes of at least 4 members (excludes halogenated alkanes) is 36. The lowest BCUT2D eigenvalue weighted by Gasteiger charge is -2.18. The number of esters is 3. The SMILES string of the molecule is CC(C)CCCCCCCCCCCCCCCC(=O)OCC(COC(=O)CCCCCCCCCCCCCCCC(C)C)OC(=O)CCCCCCCCCCCCCCCC(C)C.